The molecule has 3 rings (SSSR count). The standard InChI is InChI=1S/C19H30N6/c1-14(2)13-24-9-6-10-25(12-11-24)19-20-8-7-17(21-19)18-15(3)22-23(5)16(18)4/h7-8,14H,6,9-13H2,1-5H3. The van der Waals surface area contributed by atoms with Crippen LogP contribution in [0.4, 0.5) is 5.95 Å². The lowest BCUT2D eigenvalue weighted by molar-refractivity contribution is 0.261. The van der Waals surface area contributed by atoms with E-state index in [0.29, 0.717) is 5.92 Å². The van der Waals surface area contributed by atoms with Crippen LogP contribution in [0.5, 0.6) is 0 Å². The molecule has 1 saturated heterocycles. The second-order valence-electron chi connectivity index (χ2n) is 7.45. The molecule has 0 saturated carbocycles. The van der Waals surface area contributed by atoms with Crippen molar-refractivity contribution in [1.82, 2.24) is 24.6 Å². The Morgan fingerprint density at radius 3 is 2.60 bits per heavy atom. The molecule has 0 unspecified atom stereocenters. The Kier molecular flexibility index (Phi) is 5.37. The number of hydrogen-bond acceptors (Lipinski definition) is 5. The fourth-order valence-corrected chi connectivity index (χ4v) is 3.65. The van der Waals surface area contributed by atoms with Gasteiger partial charge in [-0.1, -0.05) is 13.8 Å². The third kappa shape index (κ3) is 4.00. The first-order valence-corrected chi connectivity index (χ1v) is 9.26. The van der Waals surface area contributed by atoms with Crippen molar-refractivity contribution in [3.8, 4) is 11.3 Å². The summed E-state index contributed by atoms with van der Waals surface area (Å²) in [6, 6.07) is 1.99. The van der Waals surface area contributed by atoms with Gasteiger partial charge in [0, 0.05) is 50.7 Å². The van der Waals surface area contributed by atoms with Gasteiger partial charge in [0.25, 0.3) is 0 Å². The van der Waals surface area contributed by atoms with Gasteiger partial charge in [0.15, 0.2) is 0 Å². The molecule has 0 atom stereocenters. The highest BCUT2D eigenvalue weighted by atomic mass is 15.3. The van der Waals surface area contributed by atoms with Crippen LogP contribution in [0.1, 0.15) is 31.7 Å². The smallest absolute Gasteiger partial charge is 0.225 e. The van der Waals surface area contributed by atoms with Gasteiger partial charge in [0.1, 0.15) is 0 Å². The van der Waals surface area contributed by atoms with Gasteiger partial charge in [0.05, 0.1) is 11.4 Å². The minimum atomic E-state index is 0.711. The Morgan fingerprint density at radius 1 is 1.12 bits per heavy atom. The Labute approximate surface area is 150 Å². The molecule has 0 aromatic carbocycles. The molecule has 2 aromatic rings. The maximum absolute atomic E-state index is 4.87. The van der Waals surface area contributed by atoms with Crippen molar-refractivity contribution in [2.24, 2.45) is 13.0 Å². The molecule has 2 aromatic heterocycles. The van der Waals surface area contributed by atoms with Crippen molar-refractivity contribution in [2.45, 2.75) is 34.1 Å². The number of hydrogen-bond donors (Lipinski definition) is 0. The lowest BCUT2D eigenvalue weighted by Crippen LogP contribution is -2.33. The quantitative estimate of drug-likeness (QED) is 0.855. The molecule has 3 heterocycles. The maximum Gasteiger partial charge on any atom is 0.225 e. The fraction of sp³-hybridized carbons (Fsp3) is 0.632. The van der Waals surface area contributed by atoms with Crippen molar-refractivity contribution in [3.05, 3.63) is 23.7 Å². The highest BCUT2D eigenvalue weighted by molar-refractivity contribution is 5.65. The first-order valence-electron chi connectivity index (χ1n) is 9.26. The molecule has 0 spiro atoms. The van der Waals surface area contributed by atoms with E-state index in [0.717, 1.165) is 61.2 Å². The van der Waals surface area contributed by atoms with Crippen LogP contribution in [0.15, 0.2) is 12.3 Å². The summed E-state index contributed by atoms with van der Waals surface area (Å²) in [6.45, 7) is 14.1. The van der Waals surface area contributed by atoms with Gasteiger partial charge in [-0.2, -0.15) is 5.10 Å². The zero-order chi connectivity index (χ0) is 18.0. The Bertz CT molecular complexity index is 721. The summed E-state index contributed by atoms with van der Waals surface area (Å²) < 4.78 is 1.92. The number of aromatic nitrogens is 4. The van der Waals surface area contributed by atoms with Gasteiger partial charge >= 0.3 is 0 Å². The first-order chi connectivity index (χ1) is 12.0. The summed E-state index contributed by atoms with van der Waals surface area (Å²) >= 11 is 0. The van der Waals surface area contributed by atoms with E-state index in [-0.39, 0.29) is 0 Å². The third-order valence-corrected chi connectivity index (χ3v) is 4.90. The molecule has 25 heavy (non-hydrogen) atoms. The van der Waals surface area contributed by atoms with Crippen LogP contribution < -0.4 is 4.90 Å². The molecular formula is C19H30N6. The van der Waals surface area contributed by atoms with E-state index in [9.17, 15) is 0 Å². The molecule has 6 nitrogen and oxygen atoms in total. The number of aryl methyl sites for hydroxylation is 2. The van der Waals surface area contributed by atoms with Crippen LogP contribution in [0.2, 0.25) is 0 Å². The van der Waals surface area contributed by atoms with Crippen molar-refractivity contribution >= 4 is 5.95 Å². The van der Waals surface area contributed by atoms with Crippen molar-refractivity contribution in [3.63, 3.8) is 0 Å². The van der Waals surface area contributed by atoms with Crippen molar-refractivity contribution in [2.75, 3.05) is 37.6 Å². The zero-order valence-corrected chi connectivity index (χ0v) is 16.2. The van der Waals surface area contributed by atoms with Crippen LogP contribution >= 0.6 is 0 Å². The molecule has 0 radical (unpaired) electrons. The van der Waals surface area contributed by atoms with Gasteiger partial charge in [-0.05, 0) is 38.8 Å². The first kappa shape index (κ1) is 17.9. The van der Waals surface area contributed by atoms with Crippen LogP contribution in [-0.4, -0.2) is 57.4 Å². The molecule has 0 aliphatic carbocycles. The number of nitrogens with zero attached hydrogens (tertiary/aromatic N) is 6. The van der Waals surface area contributed by atoms with E-state index in [4.69, 9.17) is 4.98 Å². The molecule has 1 aliphatic rings. The average Bonchev–Trinajstić information content (AvgIpc) is 2.73. The van der Waals surface area contributed by atoms with E-state index in [1.165, 1.54) is 6.54 Å². The maximum atomic E-state index is 4.87. The van der Waals surface area contributed by atoms with Crippen LogP contribution in [0, 0.1) is 19.8 Å². The molecular weight excluding hydrogens is 312 g/mol. The Morgan fingerprint density at radius 2 is 1.92 bits per heavy atom. The predicted molar refractivity (Wildman–Crippen MR) is 102 cm³/mol. The number of rotatable bonds is 4. The predicted octanol–water partition coefficient (Wildman–Crippen LogP) is 2.66. The van der Waals surface area contributed by atoms with Crippen molar-refractivity contribution in [1.29, 1.82) is 0 Å². The van der Waals surface area contributed by atoms with E-state index < -0.39 is 0 Å². The molecule has 6 heteroatoms. The molecule has 0 amide bonds. The second-order valence-corrected chi connectivity index (χ2v) is 7.45. The normalized spacial score (nSPS) is 16.5. The van der Waals surface area contributed by atoms with Crippen molar-refractivity contribution < 1.29 is 0 Å². The van der Waals surface area contributed by atoms with E-state index in [2.05, 4.69) is 40.7 Å². The lowest BCUT2D eigenvalue weighted by atomic mass is 10.1. The van der Waals surface area contributed by atoms with Gasteiger partial charge in [-0.3, -0.25) is 4.68 Å². The largest absolute Gasteiger partial charge is 0.339 e. The zero-order valence-electron chi connectivity index (χ0n) is 16.2. The SMILES string of the molecule is Cc1nn(C)c(C)c1-c1ccnc(N2CCCN(CC(C)C)CC2)n1. The Balaban J connectivity index is 1.80. The monoisotopic (exact) mass is 342 g/mol. The molecule has 1 aliphatic heterocycles. The summed E-state index contributed by atoms with van der Waals surface area (Å²) in [7, 11) is 1.98. The highest BCUT2D eigenvalue weighted by Gasteiger charge is 2.19. The second kappa shape index (κ2) is 7.52. The van der Waals surface area contributed by atoms with Crippen LogP contribution in [0.3, 0.4) is 0 Å². The van der Waals surface area contributed by atoms with Gasteiger partial charge in [-0.25, -0.2) is 9.97 Å². The van der Waals surface area contributed by atoms with Gasteiger partial charge in [-0.15, -0.1) is 0 Å². The van der Waals surface area contributed by atoms with Gasteiger partial charge < -0.3 is 9.80 Å². The minimum Gasteiger partial charge on any atom is -0.339 e. The molecule has 0 N–H and O–H groups in total. The molecule has 1 fully saturated rings. The number of anilines is 1. The van der Waals surface area contributed by atoms with Crippen LogP contribution in [0.25, 0.3) is 11.3 Å². The topological polar surface area (TPSA) is 50.1 Å². The third-order valence-electron chi connectivity index (χ3n) is 4.90. The minimum absolute atomic E-state index is 0.711. The summed E-state index contributed by atoms with van der Waals surface area (Å²) in [5.74, 6) is 1.55. The summed E-state index contributed by atoms with van der Waals surface area (Å²) in [5, 5.41) is 4.52. The van der Waals surface area contributed by atoms with E-state index >= 15 is 0 Å². The van der Waals surface area contributed by atoms with E-state index in [1.807, 2.05) is 30.9 Å². The van der Waals surface area contributed by atoms with Gasteiger partial charge in [0.2, 0.25) is 5.95 Å². The Hall–Kier alpha value is -1.95. The fourth-order valence-electron chi connectivity index (χ4n) is 3.65. The average molecular weight is 342 g/mol. The lowest BCUT2D eigenvalue weighted by Gasteiger charge is -2.23. The highest BCUT2D eigenvalue weighted by Crippen LogP contribution is 2.26. The van der Waals surface area contributed by atoms with Crippen LogP contribution in [-0.2, 0) is 7.05 Å². The molecule has 136 valence electrons. The molecule has 0 bridgehead atoms. The van der Waals surface area contributed by atoms with E-state index in [1.54, 1.807) is 0 Å². The summed E-state index contributed by atoms with van der Waals surface area (Å²) in [6.07, 6.45) is 3.03. The summed E-state index contributed by atoms with van der Waals surface area (Å²) in [5.41, 5.74) is 4.25. The summed E-state index contributed by atoms with van der Waals surface area (Å²) in [4.78, 5) is 14.3.